The Kier molecular flexibility index (Phi) is 6.33. The minimum Gasteiger partial charge on any atom is -0.483 e. The minimum absolute atomic E-state index is 0.0779. The molecule has 1 aromatic carbocycles. The van der Waals surface area contributed by atoms with E-state index < -0.39 is 10.0 Å². The molecule has 184 valence electrons. The van der Waals surface area contributed by atoms with E-state index in [4.69, 9.17) is 9.15 Å². The Morgan fingerprint density at radius 2 is 1.85 bits per heavy atom. The topological polar surface area (TPSA) is 80.1 Å². The fourth-order valence-corrected chi connectivity index (χ4v) is 6.74. The Morgan fingerprint density at radius 1 is 1.15 bits per heavy atom. The van der Waals surface area contributed by atoms with Crippen LogP contribution in [0, 0.1) is 11.3 Å². The molecule has 1 saturated heterocycles. The SMILES string of the molecule is CC(Oc1coc(CN2CCc3ccccc3C2)cc1=O)C1CC2(CCN(S(C)(=O)=O)CC2)C1. The number of piperidine rings is 1. The monoisotopic (exact) mass is 486 g/mol. The lowest BCUT2D eigenvalue weighted by Gasteiger charge is -2.53. The highest BCUT2D eigenvalue weighted by molar-refractivity contribution is 7.88. The Morgan fingerprint density at radius 3 is 2.53 bits per heavy atom. The van der Waals surface area contributed by atoms with Crippen molar-refractivity contribution in [1.82, 2.24) is 9.21 Å². The van der Waals surface area contributed by atoms with Gasteiger partial charge in [0.2, 0.25) is 21.2 Å². The van der Waals surface area contributed by atoms with Crippen molar-refractivity contribution in [3.05, 3.63) is 63.7 Å². The van der Waals surface area contributed by atoms with Gasteiger partial charge in [-0.2, -0.15) is 0 Å². The van der Waals surface area contributed by atoms with Crippen molar-refractivity contribution in [3.8, 4) is 5.75 Å². The summed E-state index contributed by atoms with van der Waals surface area (Å²) < 4.78 is 36.9. The van der Waals surface area contributed by atoms with Gasteiger partial charge in [0.05, 0.1) is 18.9 Å². The Hall–Kier alpha value is -2.16. The van der Waals surface area contributed by atoms with Crippen LogP contribution in [0.2, 0.25) is 0 Å². The second-order valence-electron chi connectivity index (χ2n) is 10.5. The summed E-state index contributed by atoms with van der Waals surface area (Å²) in [5, 5.41) is 0. The van der Waals surface area contributed by atoms with Gasteiger partial charge in [-0.05, 0) is 61.5 Å². The highest BCUT2D eigenvalue weighted by atomic mass is 32.2. The zero-order valence-corrected chi connectivity index (χ0v) is 20.9. The molecule has 2 aliphatic heterocycles. The standard InChI is InChI=1S/C26H34N2O5S/c1-19(22-14-26(15-22)8-11-28(12-9-26)34(2,30)31)33-25-18-32-23(13-24(25)29)17-27-10-7-20-5-3-4-6-21(20)16-27/h3-6,13,18-19,22H,7-12,14-17H2,1-2H3. The Bertz CT molecular complexity index is 1190. The van der Waals surface area contributed by atoms with E-state index in [1.165, 1.54) is 23.6 Å². The summed E-state index contributed by atoms with van der Waals surface area (Å²) in [6.45, 7) is 5.64. The lowest BCUT2D eigenvalue weighted by Crippen LogP contribution is -2.51. The number of sulfonamides is 1. The van der Waals surface area contributed by atoms with E-state index in [0.717, 1.165) is 45.2 Å². The minimum atomic E-state index is -3.10. The second-order valence-corrected chi connectivity index (χ2v) is 12.4. The molecule has 1 aromatic heterocycles. The van der Waals surface area contributed by atoms with E-state index in [-0.39, 0.29) is 22.7 Å². The largest absolute Gasteiger partial charge is 0.483 e. The molecule has 5 rings (SSSR count). The van der Waals surface area contributed by atoms with Crippen molar-refractivity contribution in [1.29, 1.82) is 0 Å². The number of nitrogens with zero attached hydrogens (tertiary/aromatic N) is 2. The van der Waals surface area contributed by atoms with Crippen LogP contribution in [-0.2, 0) is 29.5 Å². The van der Waals surface area contributed by atoms with Gasteiger partial charge < -0.3 is 9.15 Å². The van der Waals surface area contributed by atoms with Crippen molar-refractivity contribution in [2.45, 2.75) is 58.2 Å². The molecular weight excluding hydrogens is 452 g/mol. The van der Waals surface area contributed by atoms with Gasteiger partial charge in [0.25, 0.3) is 0 Å². The molecule has 1 aliphatic carbocycles. The third-order valence-electron chi connectivity index (χ3n) is 8.06. The smallest absolute Gasteiger partial charge is 0.227 e. The molecule has 2 aromatic rings. The summed E-state index contributed by atoms with van der Waals surface area (Å²) >= 11 is 0. The van der Waals surface area contributed by atoms with Crippen molar-refractivity contribution < 1.29 is 17.6 Å². The molecule has 1 unspecified atom stereocenters. The van der Waals surface area contributed by atoms with Crippen LogP contribution in [0.25, 0.3) is 0 Å². The lowest BCUT2D eigenvalue weighted by atomic mass is 9.56. The van der Waals surface area contributed by atoms with Crippen molar-refractivity contribution in [2.24, 2.45) is 11.3 Å². The first-order valence-corrected chi connectivity index (χ1v) is 14.1. The predicted molar refractivity (Wildman–Crippen MR) is 130 cm³/mol. The van der Waals surface area contributed by atoms with E-state index in [1.54, 1.807) is 10.4 Å². The van der Waals surface area contributed by atoms with Crippen molar-refractivity contribution in [3.63, 3.8) is 0 Å². The fraction of sp³-hybridized carbons (Fsp3) is 0.577. The molecule has 0 bridgehead atoms. The number of hydrogen-bond donors (Lipinski definition) is 0. The maximum atomic E-state index is 12.7. The molecule has 8 heteroatoms. The molecule has 0 amide bonds. The maximum Gasteiger partial charge on any atom is 0.227 e. The van der Waals surface area contributed by atoms with Crippen LogP contribution in [0.4, 0.5) is 0 Å². The molecule has 3 heterocycles. The maximum absolute atomic E-state index is 12.7. The first-order chi connectivity index (χ1) is 16.2. The number of hydrogen-bond acceptors (Lipinski definition) is 6. The molecule has 1 saturated carbocycles. The summed E-state index contributed by atoms with van der Waals surface area (Å²) in [5.41, 5.74) is 2.83. The van der Waals surface area contributed by atoms with Gasteiger partial charge in [-0.1, -0.05) is 24.3 Å². The van der Waals surface area contributed by atoms with E-state index in [0.29, 0.717) is 31.3 Å². The van der Waals surface area contributed by atoms with Crippen LogP contribution in [0.1, 0.15) is 49.5 Å². The van der Waals surface area contributed by atoms with E-state index in [9.17, 15) is 13.2 Å². The summed E-state index contributed by atoms with van der Waals surface area (Å²) in [6, 6.07) is 10.1. The van der Waals surface area contributed by atoms with E-state index in [1.807, 2.05) is 6.92 Å². The van der Waals surface area contributed by atoms with Crippen LogP contribution < -0.4 is 10.2 Å². The normalized spacial score (nSPS) is 22.2. The van der Waals surface area contributed by atoms with Crippen LogP contribution in [0.15, 0.2) is 45.8 Å². The van der Waals surface area contributed by atoms with E-state index >= 15 is 0 Å². The number of ether oxygens (including phenoxy) is 1. The summed E-state index contributed by atoms with van der Waals surface area (Å²) in [5.74, 6) is 1.30. The average Bonchev–Trinajstić information content (AvgIpc) is 2.78. The van der Waals surface area contributed by atoms with Crippen molar-refractivity contribution >= 4 is 10.0 Å². The zero-order valence-electron chi connectivity index (χ0n) is 20.0. The summed E-state index contributed by atoms with van der Waals surface area (Å²) in [6.07, 6.45) is 7.52. The Labute approximate surface area is 201 Å². The van der Waals surface area contributed by atoms with Crippen LogP contribution in [0.3, 0.4) is 0 Å². The van der Waals surface area contributed by atoms with Gasteiger partial charge in [0, 0.05) is 32.2 Å². The molecule has 1 atom stereocenters. The van der Waals surface area contributed by atoms with Crippen molar-refractivity contribution in [2.75, 3.05) is 25.9 Å². The zero-order chi connectivity index (χ0) is 23.9. The van der Waals surface area contributed by atoms with Gasteiger partial charge in [-0.15, -0.1) is 0 Å². The summed E-state index contributed by atoms with van der Waals surface area (Å²) in [7, 11) is -3.10. The first kappa shape index (κ1) is 23.6. The molecule has 0 N–H and O–H groups in total. The molecular formula is C26H34N2O5S. The molecule has 0 radical (unpaired) electrons. The molecule has 34 heavy (non-hydrogen) atoms. The first-order valence-electron chi connectivity index (χ1n) is 12.2. The van der Waals surface area contributed by atoms with E-state index in [2.05, 4.69) is 29.2 Å². The van der Waals surface area contributed by atoms with Gasteiger partial charge in [-0.3, -0.25) is 9.69 Å². The molecule has 7 nitrogen and oxygen atoms in total. The predicted octanol–water partition coefficient (Wildman–Crippen LogP) is 3.42. The van der Waals surface area contributed by atoms with Crippen LogP contribution in [0.5, 0.6) is 5.75 Å². The number of rotatable bonds is 6. The highest BCUT2D eigenvalue weighted by Gasteiger charge is 2.48. The lowest BCUT2D eigenvalue weighted by molar-refractivity contribution is -0.0442. The molecule has 2 fully saturated rings. The third-order valence-corrected chi connectivity index (χ3v) is 9.36. The molecule has 1 spiro atoms. The second kappa shape index (κ2) is 9.13. The quantitative estimate of drug-likeness (QED) is 0.623. The number of fused-ring (bicyclic) bond motifs is 1. The van der Waals surface area contributed by atoms with Crippen LogP contribution >= 0.6 is 0 Å². The molecule has 3 aliphatic rings. The third kappa shape index (κ3) is 4.95. The fourth-order valence-electron chi connectivity index (χ4n) is 5.90. The highest BCUT2D eigenvalue weighted by Crippen LogP contribution is 2.54. The van der Waals surface area contributed by atoms with Gasteiger partial charge in [-0.25, -0.2) is 12.7 Å². The van der Waals surface area contributed by atoms with Gasteiger partial charge in [0.1, 0.15) is 12.0 Å². The average molecular weight is 487 g/mol. The Balaban J connectivity index is 1.13. The van der Waals surface area contributed by atoms with Crippen LogP contribution in [-0.4, -0.2) is 49.6 Å². The van der Waals surface area contributed by atoms with Gasteiger partial charge >= 0.3 is 0 Å². The number of benzene rings is 1. The van der Waals surface area contributed by atoms with Gasteiger partial charge in [0.15, 0.2) is 0 Å². The summed E-state index contributed by atoms with van der Waals surface area (Å²) in [4.78, 5) is 15.0.